The summed E-state index contributed by atoms with van der Waals surface area (Å²) in [7, 11) is -2.67. The molecule has 0 saturated carbocycles. The van der Waals surface area contributed by atoms with Crippen LogP contribution in [0, 0.1) is 12.3 Å². The maximum absolute atomic E-state index is 12.2. The standard InChI is InChI=1S/C13H15NO4S/c1-4-10(5-2)14-19(16,17)12-9-7-6-8-11(12)13(15)18-3/h1,6-10,14H,5H2,2-3H3. The Morgan fingerprint density at radius 1 is 1.47 bits per heavy atom. The quantitative estimate of drug-likeness (QED) is 0.649. The Bertz CT molecular complexity index is 601. The number of terminal acetylenes is 1. The molecule has 1 atom stereocenters. The van der Waals surface area contributed by atoms with Crippen LogP contribution in [0.25, 0.3) is 0 Å². The van der Waals surface area contributed by atoms with Gasteiger partial charge in [-0.3, -0.25) is 0 Å². The summed E-state index contributed by atoms with van der Waals surface area (Å²) in [6.45, 7) is 1.76. The van der Waals surface area contributed by atoms with Crippen molar-refractivity contribution >= 4 is 16.0 Å². The SMILES string of the molecule is C#CC(CC)NS(=O)(=O)c1ccccc1C(=O)OC. The summed E-state index contributed by atoms with van der Waals surface area (Å²) in [6.07, 6.45) is 5.68. The monoisotopic (exact) mass is 281 g/mol. The average Bonchev–Trinajstić information content (AvgIpc) is 2.43. The lowest BCUT2D eigenvalue weighted by Gasteiger charge is -2.13. The number of methoxy groups -OCH3 is 1. The Hall–Kier alpha value is -1.84. The third-order valence-corrected chi connectivity index (χ3v) is 4.02. The van der Waals surface area contributed by atoms with Crippen molar-refractivity contribution in [3.05, 3.63) is 29.8 Å². The van der Waals surface area contributed by atoms with Crippen LogP contribution in [-0.2, 0) is 14.8 Å². The highest BCUT2D eigenvalue weighted by Crippen LogP contribution is 2.16. The Kier molecular flexibility index (Phi) is 5.10. The molecule has 0 amide bonds. The second-order valence-corrected chi connectivity index (χ2v) is 5.42. The molecule has 0 radical (unpaired) electrons. The minimum absolute atomic E-state index is 0.0237. The van der Waals surface area contributed by atoms with E-state index in [1.54, 1.807) is 13.0 Å². The van der Waals surface area contributed by atoms with Crippen LogP contribution in [0.1, 0.15) is 23.7 Å². The minimum atomic E-state index is -3.86. The Balaban J connectivity index is 3.23. The summed E-state index contributed by atoms with van der Waals surface area (Å²) in [5.74, 6) is 1.62. The largest absolute Gasteiger partial charge is 0.465 e. The van der Waals surface area contributed by atoms with Crippen LogP contribution in [0.15, 0.2) is 29.2 Å². The van der Waals surface area contributed by atoms with Crippen molar-refractivity contribution in [1.82, 2.24) is 4.72 Å². The number of ether oxygens (including phenoxy) is 1. The van der Waals surface area contributed by atoms with E-state index in [2.05, 4.69) is 15.4 Å². The van der Waals surface area contributed by atoms with Crippen LogP contribution >= 0.6 is 0 Å². The smallest absolute Gasteiger partial charge is 0.339 e. The average molecular weight is 281 g/mol. The molecule has 0 bridgehead atoms. The molecular formula is C13H15NO4S. The van der Waals surface area contributed by atoms with Crippen LogP contribution in [-0.4, -0.2) is 27.5 Å². The minimum Gasteiger partial charge on any atom is -0.465 e. The van der Waals surface area contributed by atoms with Gasteiger partial charge in [0.15, 0.2) is 0 Å². The predicted octanol–water partition coefficient (Wildman–Crippen LogP) is 1.16. The van der Waals surface area contributed by atoms with E-state index in [-0.39, 0.29) is 10.5 Å². The van der Waals surface area contributed by atoms with Gasteiger partial charge >= 0.3 is 5.97 Å². The molecule has 0 spiro atoms. The fourth-order valence-corrected chi connectivity index (χ4v) is 2.90. The van der Waals surface area contributed by atoms with Crippen molar-refractivity contribution in [2.24, 2.45) is 0 Å². The van der Waals surface area contributed by atoms with E-state index in [0.717, 1.165) is 0 Å². The van der Waals surface area contributed by atoms with Gasteiger partial charge in [0.05, 0.1) is 23.6 Å². The lowest BCUT2D eigenvalue weighted by Crippen LogP contribution is -2.34. The number of esters is 1. The molecule has 0 aliphatic rings. The van der Waals surface area contributed by atoms with Gasteiger partial charge < -0.3 is 4.74 Å². The lowest BCUT2D eigenvalue weighted by atomic mass is 10.2. The van der Waals surface area contributed by atoms with Crippen LogP contribution in [0.2, 0.25) is 0 Å². The molecule has 1 aromatic rings. The molecule has 5 nitrogen and oxygen atoms in total. The zero-order valence-corrected chi connectivity index (χ0v) is 11.5. The summed E-state index contributed by atoms with van der Waals surface area (Å²) in [5, 5.41) is 0. The van der Waals surface area contributed by atoms with Gasteiger partial charge in [-0.25, -0.2) is 13.2 Å². The summed E-state index contributed by atoms with van der Waals surface area (Å²) in [4.78, 5) is 11.4. The maximum atomic E-state index is 12.2. The zero-order valence-electron chi connectivity index (χ0n) is 10.7. The summed E-state index contributed by atoms with van der Waals surface area (Å²) < 4.78 is 31.3. The predicted molar refractivity (Wildman–Crippen MR) is 71.0 cm³/mol. The molecule has 0 heterocycles. The van der Waals surface area contributed by atoms with Crippen molar-refractivity contribution in [2.45, 2.75) is 24.3 Å². The van der Waals surface area contributed by atoms with E-state index in [1.165, 1.54) is 25.3 Å². The number of hydrogen-bond acceptors (Lipinski definition) is 4. The summed E-state index contributed by atoms with van der Waals surface area (Å²) in [6, 6.07) is 5.19. The van der Waals surface area contributed by atoms with Gasteiger partial charge in [-0.1, -0.05) is 25.0 Å². The van der Waals surface area contributed by atoms with Gasteiger partial charge in [0.2, 0.25) is 10.0 Å². The molecule has 0 fully saturated rings. The molecule has 0 aliphatic carbocycles. The zero-order chi connectivity index (χ0) is 14.5. The van der Waals surface area contributed by atoms with Crippen LogP contribution < -0.4 is 4.72 Å². The van der Waals surface area contributed by atoms with Gasteiger partial charge in [-0.2, -0.15) is 4.72 Å². The fraction of sp³-hybridized carbons (Fsp3) is 0.308. The number of benzene rings is 1. The second kappa shape index (κ2) is 6.36. The van der Waals surface area contributed by atoms with Gasteiger partial charge in [-0.05, 0) is 18.6 Å². The first-order valence-electron chi connectivity index (χ1n) is 5.62. The third kappa shape index (κ3) is 3.56. The lowest BCUT2D eigenvalue weighted by molar-refractivity contribution is 0.0596. The van der Waals surface area contributed by atoms with E-state index in [4.69, 9.17) is 6.42 Å². The highest BCUT2D eigenvalue weighted by atomic mass is 32.2. The molecule has 102 valence electrons. The molecule has 1 aromatic carbocycles. The number of carbonyl (C=O) groups is 1. The molecule has 1 unspecified atom stereocenters. The number of hydrogen-bond donors (Lipinski definition) is 1. The van der Waals surface area contributed by atoms with Gasteiger partial charge in [0.1, 0.15) is 0 Å². The first-order chi connectivity index (χ1) is 8.96. The number of rotatable bonds is 5. The Labute approximate surface area is 113 Å². The van der Waals surface area contributed by atoms with Crippen LogP contribution in [0.4, 0.5) is 0 Å². The topological polar surface area (TPSA) is 72.5 Å². The van der Waals surface area contributed by atoms with E-state index in [0.29, 0.717) is 6.42 Å². The van der Waals surface area contributed by atoms with Crippen molar-refractivity contribution in [3.8, 4) is 12.3 Å². The fourth-order valence-electron chi connectivity index (χ4n) is 1.47. The third-order valence-electron chi connectivity index (χ3n) is 2.49. The van der Waals surface area contributed by atoms with E-state index < -0.39 is 22.0 Å². The van der Waals surface area contributed by atoms with Crippen LogP contribution in [0.5, 0.6) is 0 Å². The highest BCUT2D eigenvalue weighted by molar-refractivity contribution is 7.89. The van der Waals surface area contributed by atoms with Gasteiger partial charge in [0, 0.05) is 0 Å². The first kappa shape index (κ1) is 15.2. The Morgan fingerprint density at radius 3 is 2.63 bits per heavy atom. The number of carbonyl (C=O) groups excluding carboxylic acids is 1. The van der Waals surface area contributed by atoms with E-state index >= 15 is 0 Å². The van der Waals surface area contributed by atoms with Gasteiger partial charge in [-0.15, -0.1) is 6.42 Å². The molecule has 1 rings (SSSR count). The van der Waals surface area contributed by atoms with Crippen molar-refractivity contribution in [3.63, 3.8) is 0 Å². The first-order valence-corrected chi connectivity index (χ1v) is 7.10. The molecule has 0 saturated heterocycles. The molecule has 1 N–H and O–H groups in total. The summed E-state index contributed by atoms with van der Waals surface area (Å²) >= 11 is 0. The maximum Gasteiger partial charge on any atom is 0.339 e. The van der Waals surface area contributed by atoms with Crippen molar-refractivity contribution in [1.29, 1.82) is 0 Å². The molecule has 0 aliphatic heterocycles. The molecule has 19 heavy (non-hydrogen) atoms. The Morgan fingerprint density at radius 2 is 2.11 bits per heavy atom. The summed E-state index contributed by atoms with van der Waals surface area (Å²) in [5.41, 5.74) is -0.0237. The normalized spacial score (nSPS) is 12.5. The number of sulfonamides is 1. The van der Waals surface area contributed by atoms with Crippen molar-refractivity contribution < 1.29 is 17.9 Å². The van der Waals surface area contributed by atoms with Crippen molar-refractivity contribution in [2.75, 3.05) is 7.11 Å². The second-order valence-electron chi connectivity index (χ2n) is 3.74. The van der Waals surface area contributed by atoms with E-state index in [9.17, 15) is 13.2 Å². The molecule has 6 heteroatoms. The van der Waals surface area contributed by atoms with E-state index in [1.807, 2.05) is 0 Å². The molecular weight excluding hydrogens is 266 g/mol. The van der Waals surface area contributed by atoms with Crippen LogP contribution in [0.3, 0.4) is 0 Å². The van der Waals surface area contributed by atoms with Gasteiger partial charge in [0.25, 0.3) is 0 Å². The number of nitrogens with one attached hydrogen (secondary N) is 1. The molecule has 0 aromatic heterocycles. The highest BCUT2D eigenvalue weighted by Gasteiger charge is 2.24.